The molecule has 29 heavy (non-hydrogen) atoms. The lowest BCUT2D eigenvalue weighted by Gasteiger charge is -2.17. The third kappa shape index (κ3) is 4.38. The molecule has 0 aliphatic heterocycles. The number of hydrogen-bond acceptors (Lipinski definition) is 5. The molecule has 0 fully saturated rings. The molecule has 0 bridgehead atoms. The van der Waals surface area contributed by atoms with E-state index in [2.05, 4.69) is 20.3 Å². The predicted octanol–water partition coefficient (Wildman–Crippen LogP) is 4.49. The number of aromatic nitrogens is 3. The second-order valence-electron chi connectivity index (χ2n) is 6.51. The first-order valence-electron chi connectivity index (χ1n) is 9.42. The minimum absolute atomic E-state index is 0.204. The number of pyridine rings is 1. The van der Waals surface area contributed by atoms with Crippen molar-refractivity contribution in [1.82, 2.24) is 15.0 Å². The molecule has 0 unspecified atom stereocenters. The van der Waals surface area contributed by atoms with E-state index in [4.69, 9.17) is 4.74 Å². The van der Waals surface area contributed by atoms with Crippen LogP contribution < -0.4 is 10.1 Å². The van der Waals surface area contributed by atoms with Gasteiger partial charge in [-0.05, 0) is 55.0 Å². The lowest BCUT2D eigenvalue weighted by atomic mass is 10.1. The van der Waals surface area contributed by atoms with Gasteiger partial charge in [-0.25, -0.2) is 4.98 Å². The molecule has 1 atom stereocenters. The number of nitrogens with zero attached hydrogens (tertiary/aromatic N) is 3. The monoisotopic (exact) mass is 384 g/mol. The summed E-state index contributed by atoms with van der Waals surface area (Å²) in [6, 6.07) is 18.8. The van der Waals surface area contributed by atoms with Crippen molar-refractivity contribution in [3.8, 4) is 17.0 Å². The van der Waals surface area contributed by atoms with Crippen molar-refractivity contribution in [3.63, 3.8) is 0 Å². The third-order valence-corrected chi connectivity index (χ3v) is 4.47. The van der Waals surface area contributed by atoms with Crippen molar-refractivity contribution < 1.29 is 9.53 Å². The van der Waals surface area contributed by atoms with Gasteiger partial charge >= 0.3 is 0 Å². The molecule has 6 nitrogen and oxygen atoms in total. The van der Waals surface area contributed by atoms with Crippen LogP contribution in [0.2, 0.25) is 0 Å². The summed E-state index contributed by atoms with van der Waals surface area (Å²) < 4.78 is 5.89. The van der Waals surface area contributed by atoms with Crippen LogP contribution in [0.5, 0.6) is 5.75 Å². The van der Waals surface area contributed by atoms with Crippen LogP contribution in [-0.4, -0.2) is 27.0 Å². The number of anilines is 1. The number of fused-ring (bicyclic) bond motifs is 1. The highest BCUT2D eigenvalue weighted by molar-refractivity contribution is 5.94. The Hall–Kier alpha value is -3.80. The number of carbonyl (C=O) groups excluding carboxylic acids is 1. The summed E-state index contributed by atoms with van der Waals surface area (Å²) in [6.07, 6.45) is 4.97. The molecule has 4 aromatic rings. The molecular formula is C23H20N4O2. The summed E-state index contributed by atoms with van der Waals surface area (Å²) in [5.41, 5.74) is 4.08. The molecule has 6 heteroatoms. The Balaban J connectivity index is 1.47. The predicted molar refractivity (Wildman–Crippen MR) is 113 cm³/mol. The number of carbonyl (C=O) groups is 1. The van der Waals surface area contributed by atoms with Gasteiger partial charge in [0.05, 0.1) is 34.8 Å². The number of amides is 1. The van der Waals surface area contributed by atoms with Gasteiger partial charge in [0, 0.05) is 11.8 Å². The summed E-state index contributed by atoms with van der Waals surface area (Å²) >= 11 is 0. The van der Waals surface area contributed by atoms with Crippen molar-refractivity contribution >= 4 is 22.6 Å². The number of para-hydroxylation sites is 2. The Morgan fingerprint density at radius 2 is 1.79 bits per heavy atom. The summed E-state index contributed by atoms with van der Waals surface area (Å²) in [6.45, 7) is 1.91. The number of rotatable bonds is 6. The smallest absolute Gasteiger partial charge is 0.265 e. The Bertz CT molecular complexity index is 1110. The van der Waals surface area contributed by atoms with Gasteiger partial charge < -0.3 is 10.1 Å². The van der Waals surface area contributed by atoms with Crippen LogP contribution in [-0.2, 0) is 4.79 Å². The largest absolute Gasteiger partial charge is 0.481 e. The molecule has 0 aliphatic rings. The van der Waals surface area contributed by atoms with Crippen LogP contribution in [0.25, 0.3) is 22.3 Å². The molecule has 1 amide bonds. The summed E-state index contributed by atoms with van der Waals surface area (Å²) in [5, 5.41) is 2.82. The molecule has 0 radical (unpaired) electrons. The Morgan fingerprint density at radius 3 is 2.52 bits per heavy atom. The lowest BCUT2D eigenvalue weighted by molar-refractivity contribution is -0.122. The van der Waals surface area contributed by atoms with Crippen LogP contribution in [0, 0.1) is 0 Å². The maximum absolute atomic E-state index is 12.5. The second-order valence-corrected chi connectivity index (χ2v) is 6.51. The quantitative estimate of drug-likeness (QED) is 0.530. The van der Waals surface area contributed by atoms with Crippen molar-refractivity contribution in [3.05, 3.63) is 79.3 Å². The fourth-order valence-electron chi connectivity index (χ4n) is 2.95. The van der Waals surface area contributed by atoms with Gasteiger partial charge in [0.2, 0.25) is 0 Å². The molecule has 1 N–H and O–H groups in total. The van der Waals surface area contributed by atoms with E-state index < -0.39 is 6.10 Å². The average Bonchev–Trinajstić information content (AvgIpc) is 2.78. The summed E-state index contributed by atoms with van der Waals surface area (Å²) in [7, 11) is 0. The van der Waals surface area contributed by atoms with E-state index in [1.54, 1.807) is 30.7 Å². The van der Waals surface area contributed by atoms with Crippen molar-refractivity contribution in [2.75, 3.05) is 5.32 Å². The zero-order valence-corrected chi connectivity index (χ0v) is 15.9. The highest BCUT2D eigenvalue weighted by Gasteiger charge is 2.18. The Morgan fingerprint density at radius 1 is 1.00 bits per heavy atom. The summed E-state index contributed by atoms with van der Waals surface area (Å²) in [5.74, 6) is 0.417. The van der Waals surface area contributed by atoms with Gasteiger partial charge in [-0.1, -0.05) is 19.1 Å². The van der Waals surface area contributed by atoms with E-state index in [9.17, 15) is 4.79 Å². The maximum atomic E-state index is 12.5. The minimum Gasteiger partial charge on any atom is -0.481 e. The molecule has 144 valence electrons. The molecule has 2 heterocycles. The van der Waals surface area contributed by atoms with Crippen LogP contribution in [0.4, 0.5) is 5.69 Å². The molecule has 0 saturated heterocycles. The third-order valence-electron chi connectivity index (χ3n) is 4.47. The average molecular weight is 384 g/mol. The van der Waals surface area contributed by atoms with E-state index >= 15 is 0 Å². The standard InChI is InChI=1S/C23H20N4O2/c1-2-22(23(28)26-17-6-5-13-24-14-17)29-18-11-9-16(10-12-18)21-15-25-19-7-3-4-8-20(19)27-21/h3-15,22H,2H2,1H3,(H,26,28)/t22-/m1/s1. The SMILES string of the molecule is CC[C@@H](Oc1ccc(-c2cnc3ccccc3n2)cc1)C(=O)Nc1cccnc1. The summed E-state index contributed by atoms with van der Waals surface area (Å²) in [4.78, 5) is 25.6. The van der Waals surface area contributed by atoms with Gasteiger partial charge in [-0.3, -0.25) is 14.8 Å². The molecule has 2 aromatic heterocycles. The number of ether oxygens (including phenoxy) is 1. The van der Waals surface area contributed by atoms with Gasteiger partial charge in [-0.15, -0.1) is 0 Å². The van der Waals surface area contributed by atoms with E-state index in [1.165, 1.54) is 0 Å². The highest BCUT2D eigenvalue weighted by atomic mass is 16.5. The second kappa shape index (κ2) is 8.48. The highest BCUT2D eigenvalue weighted by Crippen LogP contribution is 2.23. The number of hydrogen-bond donors (Lipinski definition) is 1. The zero-order valence-electron chi connectivity index (χ0n) is 15.9. The Labute approximate surface area is 168 Å². The molecule has 4 rings (SSSR count). The molecule has 0 saturated carbocycles. The van der Waals surface area contributed by atoms with Crippen LogP contribution >= 0.6 is 0 Å². The first-order valence-corrected chi connectivity index (χ1v) is 9.42. The van der Waals surface area contributed by atoms with Gasteiger partial charge in [0.25, 0.3) is 5.91 Å². The van der Waals surface area contributed by atoms with Gasteiger partial charge in [0.15, 0.2) is 6.10 Å². The Kier molecular flexibility index (Phi) is 5.42. The van der Waals surface area contributed by atoms with Crippen LogP contribution in [0.1, 0.15) is 13.3 Å². The minimum atomic E-state index is -0.596. The van der Waals surface area contributed by atoms with E-state index in [-0.39, 0.29) is 5.91 Å². The van der Waals surface area contributed by atoms with Crippen LogP contribution in [0.15, 0.2) is 79.3 Å². The zero-order chi connectivity index (χ0) is 20.1. The molecule has 0 aliphatic carbocycles. The van der Waals surface area contributed by atoms with Gasteiger partial charge in [0.1, 0.15) is 5.75 Å². The normalized spacial score (nSPS) is 11.8. The van der Waals surface area contributed by atoms with Crippen molar-refractivity contribution in [2.24, 2.45) is 0 Å². The fraction of sp³-hybridized carbons (Fsp3) is 0.130. The van der Waals surface area contributed by atoms with Gasteiger partial charge in [-0.2, -0.15) is 0 Å². The topological polar surface area (TPSA) is 77.0 Å². The van der Waals surface area contributed by atoms with Crippen molar-refractivity contribution in [1.29, 1.82) is 0 Å². The molecular weight excluding hydrogens is 364 g/mol. The first-order chi connectivity index (χ1) is 14.2. The number of nitrogens with one attached hydrogen (secondary N) is 1. The number of benzene rings is 2. The van der Waals surface area contributed by atoms with E-state index in [0.717, 1.165) is 22.3 Å². The van der Waals surface area contributed by atoms with E-state index in [1.807, 2.05) is 55.5 Å². The molecule has 0 spiro atoms. The van der Waals surface area contributed by atoms with Crippen LogP contribution in [0.3, 0.4) is 0 Å². The first kappa shape index (κ1) is 18.6. The van der Waals surface area contributed by atoms with E-state index in [0.29, 0.717) is 17.9 Å². The lowest BCUT2D eigenvalue weighted by Crippen LogP contribution is -2.32. The van der Waals surface area contributed by atoms with Crippen molar-refractivity contribution in [2.45, 2.75) is 19.4 Å². The maximum Gasteiger partial charge on any atom is 0.265 e. The molecule has 2 aromatic carbocycles. The fourth-order valence-corrected chi connectivity index (χ4v) is 2.95.